The summed E-state index contributed by atoms with van der Waals surface area (Å²) in [5, 5.41) is 3.89. The van der Waals surface area contributed by atoms with Crippen molar-refractivity contribution in [3.63, 3.8) is 0 Å². The van der Waals surface area contributed by atoms with Gasteiger partial charge in [0.2, 0.25) is 0 Å². The molecule has 0 bridgehead atoms. The fourth-order valence-corrected chi connectivity index (χ4v) is 1.97. The lowest BCUT2D eigenvalue weighted by atomic mass is 9.99. The van der Waals surface area contributed by atoms with Crippen LogP contribution in [-0.2, 0) is 13.1 Å². The molecule has 0 saturated carbocycles. The molecule has 1 saturated heterocycles. The van der Waals surface area contributed by atoms with E-state index in [0.717, 1.165) is 23.9 Å². The fraction of sp³-hybridized carbons (Fsp3) is 0.727. The highest BCUT2D eigenvalue weighted by Crippen LogP contribution is 2.18. The van der Waals surface area contributed by atoms with Crippen LogP contribution in [0.1, 0.15) is 31.2 Å². The molecule has 0 aromatic carbocycles. The number of hydrogen-bond acceptors (Lipinski definition) is 4. The summed E-state index contributed by atoms with van der Waals surface area (Å²) in [4.78, 5) is 2.42. The van der Waals surface area contributed by atoms with Gasteiger partial charge in [0, 0.05) is 12.6 Å². The van der Waals surface area contributed by atoms with Crippen LogP contribution in [0.15, 0.2) is 10.6 Å². The van der Waals surface area contributed by atoms with Gasteiger partial charge in [0.1, 0.15) is 0 Å². The Kier molecular flexibility index (Phi) is 3.38. The zero-order chi connectivity index (χ0) is 10.7. The van der Waals surface area contributed by atoms with Gasteiger partial charge in [-0.2, -0.15) is 0 Å². The van der Waals surface area contributed by atoms with Crippen molar-refractivity contribution in [3.05, 3.63) is 17.5 Å². The van der Waals surface area contributed by atoms with Crippen LogP contribution in [-0.4, -0.2) is 23.1 Å². The van der Waals surface area contributed by atoms with Crippen LogP contribution in [0.5, 0.6) is 0 Å². The monoisotopic (exact) mass is 209 g/mol. The van der Waals surface area contributed by atoms with Crippen molar-refractivity contribution in [2.75, 3.05) is 13.1 Å². The molecule has 1 fully saturated rings. The maximum absolute atomic E-state index is 5.48. The highest BCUT2D eigenvalue weighted by Gasteiger charge is 2.17. The third-order valence-corrected chi connectivity index (χ3v) is 3.07. The summed E-state index contributed by atoms with van der Waals surface area (Å²) in [5.41, 5.74) is 6.32. The first kappa shape index (κ1) is 10.6. The Labute approximate surface area is 90.4 Å². The smallest absolute Gasteiger partial charge is 0.151 e. The molecule has 84 valence electrons. The quantitative estimate of drug-likeness (QED) is 0.816. The SMILES string of the molecule is CC1CCN(Cc2cc(CN)no2)CC1. The summed E-state index contributed by atoms with van der Waals surface area (Å²) < 4.78 is 5.21. The zero-order valence-corrected chi connectivity index (χ0v) is 9.28. The topological polar surface area (TPSA) is 55.3 Å². The fourth-order valence-electron chi connectivity index (χ4n) is 1.97. The maximum Gasteiger partial charge on any atom is 0.151 e. The Balaban J connectivity index is 1.86. The molecule has 0 spiro atoms. The van der Waals surface area contributed by atoms with E-state index in [1.807, 2.05) is 6.07 Å². The highest BCUT2D eigenvalue weighted by molar-refractivity contribution is 5.04. The van der Waals surface area contributed by atoms with Crippen LogP contribution in [0.25, 0.3) is 0 Å². The van der Waals surface area contributed by atoms with Gasteiger partial charge in [0.05, 0.1) is 12.2 Å². The first-order chi connectivity index (χ1) is 7.28. The molecule has 1 aliphatic rings. The van der Waals surface area contributed by atoms with E-state index in [1.54, 1.807) is 0 Å². The van der Waals surface area contributed by atoms with Gasteiger partial charge in [-0.3, -0.25) is 4.90 Å². The van der Waals surface area contributed by atoms with Gasteiger partial charge in [0.25, 0.3) is 0 Å². The van der Waals surface area contributed by atoms with Gasteiger partial charge in [0.15, 0.2) is 5.76 Å². The molecule has 1 aromatic heterocycles. The Hall–Kier alpha value is -0.870. The van der Waals surface area contributed by atoms with E-state index in [4.69, 9.17) is 10.3 Å². The first-order valence-electron chi connectivity index (χ1n) is 5.65. The molecule has 4 nitrogen and oxygen atoms in total. The molecule has 15 heavy (non-hydrogen) atoms. The van der Waals surface area contributed by atoms with Crippen molar-refractivity contribution in [2.24, 2.45) is 11.7 Å². The molecule has 2 N–H and O–H groups in total. The van der Waals surface area contributed by atoms with Gasteiger partial charge in [-0.05, 0) is 31.8 Å². The number of nitrogens with two attached hydrogens (primary N) is 1. The van der Waals surface area contributed by atoms with Crippen LogP contribution >= 0.6 is 0 Å². The molecule has 1 aromatic rings. The molecule has 0 atom stereocenters. The van der Waals surface area contributed by atoms with Gasteiger partial charge in [-0.25, -0.2) is 0 Å². The number of rotatable bonds is 3. The Bertz CT molecular complexity index is 303. The Morgan fingerprint density at radius 2 is 2.27 bits per heavy atom. The summed E-state index contributed by atoms with van der Waals surface area (Å²) >= 11 is 0. The third-order valence-electron chi connectivity index (χ3n) is 3.07. The molecule has 1 aliphatic heterocycles. The van der Waals surface area contributed by atoms with Crippen LogP contribution in [0.4, 0.5) is 0 Å². The van der Waals surface area contributed by atoms with Gasteiger partial charge in [-0.1, -0.05) is 12.1 Å². The van der Waals surface area contributed by atoms with Gasteiger partial charge in [-0.15, -0.1) is 0 Å². The second-order valence-electron chi connectivity index (χ2n) is 4.45. The lowest BCUT2D eigenvalue weighted by molar-refractivity contribution is 0.168. The average Bonchev–Trinajstić information content (AvgIpc) is 2.69. The summed E-state index contributed by atoms with van der Waals surface area (Å²) in [6.45, 7) is 5.98. The Morgan fingerprint density at radius 3 is 2.87 bits per heavy atom. The molecule has 0 aliphatic carbocycles. The third kappa shape index (κ3) is 2.79. The minimum atomic E-state index is 0.459. The Morgan fingerprint density at radius 1 is 1.53 bits per heavy atom. The van der Waals surface area contributed by atoms with Crippen molar-refractivity contribution < 1.29 is 4.52 Å². The summed E-state index contributed by atoms with van der Waals surface area (Å²) in [7, 11) is 0. The molecular weight excluding hydrogens is 190 g/mol. The number of piperidine rings is 1. The molecule has 0 amide bonds. The minimum absolute atomic E-state index is 0.459. The van der Waals surface area contributed by atoms with Crippen molar-refractivity contribution in [1.29, 1.82) is 0 Å². The highest BCUT2D eigenvalue weighted by atomic mass is 16.5. The van der Waals surface area contributed by atoms with Crippen LogP contribution in [0.2, 0.25) is 0 Å². The van der Waals surface area contributed by atoms with Crippen LogP contribution < -0.4 is 5.73 Å². The van der Waals surface area contributed by atoms with Crippen molar-refractivity contribution in [3.8, 4) is 0 Å². The first-order valence-corrected chi connectivity index (χ1v) is 5.65. The van der Waals surface area contributed by atoms with E-state index >= 15 is 0 Å². The predicted octanol–water partition coefficient (Wildman–Crippen LogP) is 1.37. The molecule has 0 radical (unpaired) electrons. The maximum atomic E-state index is 5.48. The van der Waals surface area contributed by atoms with E-state index in [1.165, 1.54) is 25.9 Å². The van der Waals surface area contributed by atoms with Crippen LogP contribution in [0.3, 0.4) is 0 Å². The normalized spacial score (nSPS) is 19.6. The van der Waals surface area contributed by atoms with Crippen molar-refractivity contribution in [2.45, 2.75) is 32.9 Å². The van der Waals surface area contributed by atoms with E-state index in [2.05, 4.69) is 17.0 Å². The lowest BCUT2D eigenvalue weighted by Crippen LogP contribution is -2.32. The molecule has 2 rings (SSSR count). The molecule has 0 unspecified atom stereocenters. The summed E-state index contributed by atoms with van der Waals surface area (Å²) in [6.07, 6.45) is 2.58. The second kappa shape index (κ2) is 4.77. The van der Waals surface area contributed by atoms with E-state index in [0.29, 0.717) is 6.54 Å². The van der Waals surface area contributed by atoms with Crippen molar-refractivity contribution in [1.82, 2.24) is 10.1 Å². The van der Waals surface area contributed by atoms with E-state index in [-0.39, 0.29) is 0 Å². The molecular formula is C11H19N3O. The van der Waals surface area contributed by atoms with Gasteiger partial charge >= 0.3 is 0 Å². The van der Waals surface area contributed by atoms with E-state index < -0.39 is 0 Å². The van der Waals surface area contributed by atoms with E-state index in [9.17, 15) is 0 Å². The molecule has 2 heterocycles. The number of aromatic nitrogens is 1. The minimum Gasteiger partial charge on any atom is -0.360 e. The number of likely N-dealkylation sites (tertiary alicyclic amines) is 1. The largest absolute Gasteiger partial charge is 0.360 e. The average molecular weight is 209 g/mol. The van der Waals surface area contributed by atoms with Crippen LogP contribution in [0, 0.1) is 5.92 Å². The number of hydrogen-bond donors (Lipinski definition) is 1. The molecule has 4 heteroatoms. The number of nitrogens with zero attached hydrogens (tertiary/aromatic N) is 2. The lowest BCUT2D eigenvalue weighted by Gasteiger charge is -2.29. The standard InChI is InChI=1S/C11H19N3O/c1-9-2-4-14(5-3-9)8-11-6-10(7-12)13-15-11/h6,9H,2-5,7-8,12H2,1H3. The predicted molar refractivity (Wildman–Crippen MR) is 58.1 cm³/mol. The summed E-state index contributed by atoms with van der Waals surface area (Å²) in [6, 6.07) is 1.96. The van der Waals surface area contributed by atoms with Crippen molar-refractivity contribution >= 4 is 0 Å². The zero-order valence-electron chi connectivity index (χ0n) is 9.28. The van der Waals surface area contributed by atoms with Gasteiger partial charge < -0.3 is 10.3 Å². The summed E-state index contributed by atoms with van der Waals surface area (Å²) in [5.74, 6) is 1.81. The second-order valence-corrected chi connectivity index (χ2v) is 4.45.